The molecule has 36 heavy (non-hydrogen) atoms. The fourth-order valence-corrected chi connectivity index (χ4v) is 3.80. The van der Waals surface area contributed by atoms with E-state index in [4.69, 9.17) is 14.8 Å². The molecule has 0 amide bonds. The number of rotatable bonds is 9. The summed E-state index contributed by atoms with van der Waals surface area (Å²) in [6, 6.07) is 22.1. The topological polar surface area (TPSA) is 81.4 Å². The predicted molar refractivity (Wildman–Crippen MR) is 136 cm³/mol. The zero-order valence-electron chi connectivity index (χ0n) is 19.9. The second-order valence-electron chi connectivity index (χ2n) is 8.41. The number of Topliss-reactive ketones (excluding diaryl/α,β-unsaturated/α-hetero) is 1. The van der Waals surface area contributed by atoms with E-state index in [2.05, 4.69) is 13.8 Å². The summed E-state index contributed by atoms with van der Waals surface area (Å²) < 4.78 is 21.4. The smallest absolute Gasteiger partial charge is 0.377 e. The first-order valence-electron chi connectivity index (χ1n) is 11.5. The third-order valence-electron chi connectivity index (χ3n) is 5.54. The molecule has 1 N–H and O–H groups in total. The van der Waals surface area contributed by atoms with E-state index >= 15 is 0 Å². The van der Waals surface area contributed by atoms with Gasteiger partial charge in [-0.25, -0.2) is 14.2 Å². The van der Waals surface area contributed by atoms with Gasteiger partial charge in [-0.2, -0.15) is 0 Å². The van der Waals surface area contributed by atoms with Crippen molar-refractivity contribution < 1.29 is 23.8 Å². The first-order chi connectivity index (χ1) is 17.3. The molecule has 0 aliphatic carbocycles. The van der Waals surface area contributed by atoms with Crippen LogP contribution in [0, 0.1) is 5.82 Å². The number of aromatic nitrogens is 2. The second-order valence-corrected chi connectivity index (χ2v) is 8.41. The molecule has 0 saturated heterocycles. The van der Waals surface area contributed by atoms with E-state index < -0.39 is 11.8 Å². The number of ether oxygens (including phenoxy) is 1. The normalized spacial score (nSPS) is 11.2. The first-order valence-corrected chi connectivity index (χ1v) is 11.5. The highest BCUT2D eigenvalue weighted by Crippen LogP contribution is 2.31. The SMILES string of the molecule is CC(C)c1nc(-c2ccccc2)n(-c2ccc(F)cc2)c1C=CCOc1ccc(C(=O)C(=O)O)cc1. The molecule has 0 bridgehead atoms. The number of imidazole rings is 1. The number of halogens is 1. The van der Waals surface area contributed by atoms with Gasteiger partial charge in [-0.3, -0.25) is 9.36 Å². The summed E-state index contributed by atoms with van der Waals surface area (Å²) >= 11 is 0. The van der Waals surface area contributed by atoms with Crippen LogP contribution in [-0.2, 0) is 4.79 Å². The molecule has 0 fully saturated rings. The van der Waals surface area contributed by atoms with Gasteiger partial charge in [0.05, 0.1) is 11.4 Å². The average molecular weight is 485 g/mol. The third kappa shape index (κ3) is 5.41. The fraction of sp³-hybridized carbons (Fsp3) is 0.138. The largest absolute Gasteiger partial charge is 0.490 e. The zero-order chi connectivity index (χ0) is 25.7. The minimum absolute atomic E-state index is 0.0867. The summed E-state index contributed by atoms with van der Waals surface area (Å²) in [5, 5.41) is 8.82. The standard InChI is InChI=1S/C29H25FN2O4/c1-19(2)26-25(9-6-18-36-24-16-10-20(11-17-24)27(33)29(34)35)32(23-14-12-22(30)13-15-23)28(31-26)21-7-4-3-5-8-21/h3-17,19H,18H2,1-2H3,(H,34,35). The minimum Gasteiger partial charge on any atom is -0.490 e. The molecule has 1 heterocycles. The highest BCUT2D eigenvalue weighted by molar-refractivity contribution is 6.39. The Morgan fingerprint density at radius 1 is 1.00 bits per heavy atom. The maximum Gasteiger partial charge on any atom is 0.377 e. The van der Waals surface area contributed by atoms with Crippen molar-refractivity contribution >= 4 is 17.8 Å². The number of carboxylic acids is 1. The molecule has 3 aromatic carbocycles. The van der Waals surface area contributed by atoms with Crippen LogP contribution >= 0.6 is 0 Å². The highest BCUT2D eigenvalue weighted by atomic mass is 19.1. The lowest BCUT2D eigenvalue weighted by molar-refractivity contribution is -0.131. The van der Waals surface area contributed by atoms with Crippen LogP contribution in [-0.4, -0.2) is 33.0 Å². The number of ketones is 1. The number of carbonyl (C=O) groups is 2. The number of carbonyl (C=O) groups excluding carboxylic acids is 1. The van der Waals surface area contributed by atoms with Crippen LogP contribution in [0.4, 0.5) is 4.39 Å². The van der Waals surface area contributed by atoms with E-state index in [1.54, 1.807) is 24.3 Å². The molecule has 4 rings (SSSR count). The van der Waals surface area contributed by atoms with E-state index in [-0.39, 0.29) is 23.9 Å². The summed E-state index contributed by atoms with van der Waals surface area (Å²) in [6.45, 7) is 4.37. The van der Waals surface area contributed by atoms with Gasteiger partial charge in [-0.15, -0.1) is 0 Å². The van der Waals surface area contributed by atoms with Crippen molar-refractivity contribution in [3.05, 3.63) is 108 Å². The monoisotopic (exact) mass is 484 g/mol. The Kier molecular flexibility index (Phi) is 7.39. The number of hydrogen-bond acceptors (Lipinski definition) is 4. The Balaban J connectivity index is 1.65. The number of hydrogen-bond donors (Lipinski definition) is 1. The van der Waals surface area contributed by atoms with Gasteiger partial charge in [0.25, 0.3) is 5.78 Å². The Hall–Kier alpha value is -4.52. The third-order valence-corrected chi connectivity index (χ3v) is 5.54. The lowest BCUT2D eigenvalue weighted by atomic mass is 10.1. The summed E-state index contributed by atoms with van der Waals surface area (Å²) in [7, 11) is 0. The highest BCUT2D eigenvalue weighted by Gasteiger charge is 2.20. The Morgan fingerprint density at radius 2 is 1.67 bits per heavy atom. The predicted octanol–water partition coefficient (Wildman–Crippen LogP) is 6.16. The van der Waals surface area contributed by atoms with Crippen LogP contribution in [0.2, 0.25) is 0 Å². The molecule has 7 heteroatoms. The molecule has 0 unspecified atom stereocenters. The molecule has 0 spiro atoms. The van der Waals surface area contributed by atoms with Crippen molar-refractivity contribution in [2.75, 3.05) is 6.61 Å². The van der Waals surface area contributed by atoms with Gasteiger partial charge in [0, 0.05) is 16.8 Å². The average Bonchev–Trinajstić information content (AvgIpc) is 3.27. The quantitative estimate of drug-likeness (QED) is 0.227. The molecule has 0 saturated carbocycles. The molecule has 6 nitrogen and oxygen atoms in total. The van der Waals surface area contributed by atoms with Gasteiger partial charge in [0.1, 0.15) is 24.0 Å². The van der Waals surface area contributed by atoms with Gasteiger partial charge >= 0.3 is 5.97 Å². The lowest BCUT2D eigenvalue weighted by Gasteiger charge is -2.12. The molecule has 0 atom stereocenters. The molecule has 1 aromatic heterocycles. The Morgan fingerprint density at radius 3 is 2.28 bits per heavy atom. The van der Waals surface area contributed by atoms with Gasteiger partial charge in [0.2, 0.25) is 0 Å². The van der Waals surface area contributed by atoms with Crippen molar-refractivity contribution in [1.29, 1.82) is 0 Å². The van der Waals surface area contributed by atoms with E-state index in [1.165, 1.54) is 24.3 Å². The van der Waals surface area contributed by atoms with Crippen LogP contribution in [0.3, 0.4) is 0 Å². The molecule has 182 valence electrons. The maximum atomic E-state index is 13.7. The van der Waals surface area contributed by atoms with Gasteiger partial charge in [0.15, 0.2) is 0 Å². The van der Waals surface area contributed by atoms with Crippen LogP contribution in [0.25, 0.3) is 23.2 Å². The maximum absolute atomic E-state index is 13.7. The number of aliphatic carboxylic acids is 1. The van der Waals surface area contributed by atoms with Crippen molar-refractivity contribution in [2.45, 2.75) is 19.8 Å². The molecule has 0 aliphatic heterocycles. The van der Waals surface area contributed by atoms with Crippen molar-refractivity contribution in [2.24, 2.45) is 0 Å². The summed E-state index contributed by atoms with van der Waals surface area (Å²) in [5.41, 5.74) is 3.57. The van der Waals surface area contributed by atoms with Gasteiger partial charge in [-0.05, 0) is 66.6 Å². The van der Waals surface area contributed by atoms with Crippen LogP contribution in [0.1, 0.15) is 41.5 Å². The molecule has 4 aromatic rings. The minimum atomic E-state index is -1.50. The number of benzene rings is 3. The zero-order valence-corrected chi connectivity index (χ0v) is 19.9. The van der Waals surface area contributed by atoms with Crippen molar-refractivity contribution in [1.82, 2.24) is 9.55 Å². The van der Waals surface area contributed by atoms with Crippen LogP contribution in [0.15, 0.2) is 84.9 Å². The summed E-state index contributed by atoms with van der Waals surface area (Å²) in [4.78, 5) is 27.3. The fourth-order valence-electron chi connectivity index (χ4n) is 3.80. The summed E-state index contributed by atoms with van der Waals surface area (Å²) in [6.07, 6.45) is 3.79. The second kappa shape index (κ2) is 10.8. The first kappa shape index (κ1) is 24.6. The van der Waals surface area contributed by atoms with E-state index in [9.17, 15) is 14.0 Å². The van der Waals surface area contributed by atoms with E-state index in [1.807, 2.05) is 47.1 Å². The molecular formula is C29H25FN2O4. The van der Waals surface area contributed by atoms with Crippen molar-refractivity contribution in [3.8, 4) is 22.8 Å². The van der Waals surface area contributed by atoms with Crippen molar-refractivity contribution in [3.63, 3.8) is 0 Å². The Bertz CT molecular complexity index is 1390. The number of carboxylic acid groups (broad SMARTS) is 1. The lowest BCUT2D eigenvalue weighted by Crippen LogP contribution is -2.12. The van der Waals surface area contributed by atoms with Crippen LogP contribution in [0.5, 0.6) is 5.75 Å². The van der Waals surface area contributed by atoms with Crippen LogP contribution < -0.4 is 4.74 Å². The molecular weight excluding hydrogens is 459 g/mol. The van der Waals surface area contributed by atoms with E-state index in [0.29, 0.717) is 5.75 Å². The molecule has 0 aliphatic rings. The summed E-state index contributed by atoms with van der Waals surface area (Å²) in [5.74, 6) is -1.39. The van der Waals surface area contributed by atoms with Gasteiger partial charge < -0.3 is 9.84 Å². The van der Waals surface area contributed by atoms with E-state index in [0.717, 1.165) is 28.5 Å². The Labute approximate surface area is 208 Å². The molecule has 0 radical (unpaired) electrons. The number of nitrogens with zero attached hydrogens (tertiary/aromatic N) is 2. The van der Waals surface area contributed by atoms with Gasteiger partial charge in [-0.1, -0.05) is 44.2 Å².